The van der Waals surface area contributed by atoms with Gasteiger partial charge in [0.05, 0.1) is 7.11 Å². The summed E-state index contributed by atoms with van der Waals surface area (Å²) >= 11 is 0. The molecular formula is C12H17ClN2O2. The molecule has 0 atom stereocenters. The molecule has 0 spiro atoms. The number of carbonyl (C=O) groups excluding carboxylic acids is 1. The topological polar surface area (TPSA) is 55.6 Å². The van der Waals surface area contributed by atoms with E-state index in [4.69, 9.17) is 10.5 Å². The molecule has 2 N–H and O–H groups in total. The van der Waals surface area contributed by atoms with Crippen molar-refractivity contribution in [2.24, 2.45) is 0 Å². The van der Waals surface area contributed by atoms with Gasteiger partial charge < -0.3 is 15.4 Å². The lowest BCUT2D eigenvalue weighted by molar-refractivity contribution is -0.128. The van der Waals surface area contributed by atoms with E-state index in [0.29, 0.717) is 18.7 Å². The number of halogens is 1. The SMILES string of the molecule is COc1ccc(N)cc1CN1CCCC1=O.Cl. The maximum Gasteiger partial charge on any atom is 0.222 e. The van der Waals surface area contributed by atoms with Crippen molar-refractivity contribution in [2.45, 2.75) is 19.4 Å². The van der Waals surface area contributed by atoms with Crippen LogP contribution in [0.15, 0.2) is 18.2 Å². The quantitative estimate of drug-likeness (QED) is 0.840. The largest absolute Gasteiger partial charge is 0.496 e. The lowest BCUT2D eigenvalue weighted by Crippen LogP contribution is -2.24. The molecule has 0 saturated carbocycles. The normalized spacial score (nSPS) is 14.6. The predicted octanol–water partition coefficient (Wildman–Crippen LogP) is 1.82. The number of carbonyl (C=O) groups is 1. The van der Waals surface area contributed by atoms with E-state index in [1.165, 1.54) is 0 Å². The number of nitrogens with zero attached hydrogens (tertiary/aromatic N) is 1. The van der Waals surface area contributed by atoms with Crippen molar-refractivity contribution in [3.63, 3.8) is 0 Å². The molecule has 0 bridgehead atoms. The van der Waals surface area contributed by atoms with E-state index in [2.05, 4.69) is 0 Å². The van der Waals surface area contributed by atoms with Crippen molar-refractivity contribution in [1.82, 2.24) is 4.90 Å². The number of hydrogen-bond acceptors (Lipinski definition) is 3. The molecule has 1 fully saturated rings. The second-order valence-electron chi connectivity index (χ2n) is 3.99. The van der Waals surface area contributed by atoms with Crippen molar-refractivity contribution in [3.8, 4) is 5.75 Å². The van der Waals surface area contributed by atoms with Gasteiger partial charge in [0.1, 0.15) is 5.75 Å². The first-order valence-electron chi connectivity index (χ1n) is 5.41. The zero-order valence-electron chi connectivity index (χ0n) is 9.81. The summed E-state index contributed by atoms with van der Waals surface area (Å²) in [5.74, 6) is 0.998. The summed E-state index contributed by atoms with van der Waals surface area (Å²) in [6.07, 6.45) is 1.61. The summed E-state index contributed by atoms with van der Waals surface area (Å²) in [7, 11) is 1.63. The number of methoxy groups -OCH3 is 1. The minimum atomic E-state index is 0. The monoisotopic (exact) mass is 256 g/mol. The van der Waals surface area contributed by atoms with Gasteiger partial charge in [0.25, 0.3) is 0 Å². The Kier molecular flexibility index (Phi) is 4.63. The van der Waals surface area contributed by atoms with Gasteiger partial charge in [-0.05, 0) is 24.6 Å². The summed E-state index contributed by atoms with van der Waals surface area (Å²) in [6.45, 7) is 1.42. The minimum Gasteiger partial charge on any atom is -0.496 e. The molecule has 1 aliphatic rings. The van der Waals surface area contributed by atoms with Crippen LogP contribution in [0.4, 0.5) is 5.69 Å². The number of benzene rings is 1. The van der Waals surface area contributed by atoms with Crippen LogP contribution in [0.25, 0.3) is 0 Å². The lowest BCUT2D eigenvalue weighted by Gasteiger charge is -2.17. The van der Waals surface area contributed by atoms with Gasteiger partial charge in [0, 0.05) is 30.8 Å². The third-order valence-corrected chi connectivity index (χ3v) is 2.84. The Balaban J connectivity index is 0.00000144. The Labute approximate surface area is 107 Å². The molecule has 0 aliphatic carbocycles. The molecule has 1 aliphatic heterocycles. The molecule has 0 radical (unpaired) electrons. The van der Waals surface area contributed by atoms with Gasteiger partial charge >= 0.3 is 0 Å². The van der Waals surface area contributed by atoms with Crippen LogP contribution in [0, 0.1) is 0 Å². The number of hydrogen-bond donors (Lipinski definition) is 1. The molecule has 1 saturated heterocycles. The molecule has 5 heteroatoms. The maximum absolute atomic E-state index is 11.5. The molecular weight excluding hydrogens is 240 g/mol. The molecule has 0 unspecified atom stereocenters. The molecule has 4 nitrogen and oxygen atoms in total. The molecule has 0 aromatic heterocycles. The highest BCUT2D eigenvalue weighted by Gasteiger charge is 2.21. The second-order valence-corrected chi connectivity index (χ2v) is 3.99. The molecule has 2 rings (SSSR count). The van der Waals surface area contributed by atoms with Crippen molar-refractivity contribution < 1.29 is 9.53 Å². The number of nitrogen functional groups attached to an aromatic ring is 1. The number of rotatable bonds is 3. The van der Waals surface area contributed by atoms with Gasteiger partial charge in [-0.3, -0.25) is 4.79 Å². The van der Waals surface area contributed by atoms with E-state index in [1.807, 2.05) is 17.0 Å². The van der Waals surface area contributed by atoms with Crippen LogP contribution < -0.4 is 10.5 Å². The van der Waals surface area contributed by atoms with Gasteiger partial charge in [-0.25, -0.2) is 0 Å². The predicted molar refractivity (Wildman–Crippen MR) is 69.3 cm³/mol. The number of amides is 1. The van der Waals surface area contributed by atoms with E-state index in [1.54, 1.807) is 13.2 Å². The highest BCUT2D eigenvalue weighted by atomic mass is 35.5. The average molecular weight is 257 g/mol. The smallest absolute Gasteiger partial charge is 0.222 e. The van der Waals surface area contributed by atoms with Crippen LogP contribution in [-0.2, 0) is 11.3 Å². The molecule has 1 aromatic carbocycles. The van der Waals surface area contributed by atoms with Gasteiger partial charge in [-0.2, -0.15) is 0 Å². The maximum atomic E-state index is 11.5. The Morgan fingerprint density at radius 2 is 2.24 bits per heavy atom. The zero-order valence-corrected chi connectivity index (χ0v) is 10.6. The molecule has 94 valence electrons. The Morgan fingerprint density at radius 1 is 1.47 bits per heavy atom. The molecule has 1 aromatic rings. The fraction of sp³-hybridized carbons (Fsp3) is 0.417. The summed E-state index contributed by atoms with van der Waals surface area (Å²) in [5.41, 5.74) is 7.40. The van der Waals surface area contributed by atoms with Crippen molar-refractivity contribution in [2.75, 3.05) is 19.4 Å². The Bertz CT molecular complexity index is 409. The number of nitrogens with two attached hydrogens (primary N) is 1. The van der Waals surface area contributed by atoms with E-state index in [0.717, 1.165) is 24.3 Å². The summed E-state index contributed by atoms with van der Waals surface area (Å²) < 4.78 is 5.25. The van der Waals surface area contributed by atoms with Gasteiger partial charge in [0.2, 0.25) is 5.91 Å². The van der Waals surface area contributed by atoms with E-state index < -0.39 is 0 Å². The molecule has 1 amide bonds. The molecule has 1 heterocycles. The number of anilines is 1. The third-order valence-electron chi connectivity index (χ3n) is 2.84. The fourth-order valence-electron chi connectivity index (χ4n) is 2.00. The van der Waals surface area contributed by atoms with Crippen molar-refractivity contribution in [1.29, 1.82) is 0 Å². The van der Waals surface area contributed by atoms with Crippen LogP contribution in [0.3, 0.4) is 0 Å². The Morgan fingerprint density at radius 3 is 2.82 bits per heavy atom. The van der Waals surface area contributed by atoms with Gasteiger partial charge in [0.15, 0.2) is 0 Å². The lowest BCUT2D eigenvalue weighted by atomic mass is 10.1. The van der Waals surface area contributed by atoms with Crippen LogP contribution in [-0.4, -0.2) is 24.5 Å². The fourth-order valence-corrected chi connectivity index (χ4v) is 2.00. The summed E-state index contributed by atoms with van der Waals surface area (Å²) in [6, 6.07) is 5.50. The van der Waals surface area contributed by atoms with Gasteiger partial charge in [-0.1, -0.05) is 0 Å². The van der Waals surface area contributed by atoms with Crippen LogP contribution in [0.2, 0.25) is 0 Å². The Hall–Kier alpha value is -1.42. The average Bonchev–Trinajstić information content (AvgIpc) is 2.65. The van der Waals surface area contributed by atoms with E-state index >= 15 is 0 Å². The number of likely N-dealkylation sites (tertiary alicyclic amines) is 1. The third kappa shape index (κ3) is 3.03. The highest BCUT2D eigenvalue weighted by Crippen LogP contribution is 2.24. The second kappa shape index (κ2) is 5.77. The van der Waals surface area contributed by atoms with Crippen molar-refractivity contribution in [3.05, 3.63) is 23.8 Å². The minimum absolute atomic E-state index is 0. The highest BCUT2D eigenvalue weighted by molar-refractivity contribution is 5.85. The van der Waals surface area contributed by atoms with Crippen LogP contribution in [0.1, 0.15) is 18.4 Å². The number of ether oxygens (including phenoxy) is 1. The first kappa shape index (κ1) is 13.6. The summed E-state index contributed by atoms with van der Waals surface area (Å²) in [4.78, 5) is 13.4. The van der Waals surface area contributed by atoms with E-state index in [-0.39, 0.29) is 18.3 Å². The van der Waals surface area contributed by atoms with E-state index in [9.17, 15) is 4.79 Å². The zero-order chi connectivity index (χ0) is 11.5. The first-order chi connectivity index (χ1) is 7.70. The van der Waals surface area contributed by atoms with Crippen LogP contribution in [0.5, 0.6) is 5.75 Å². The standard InChI is InChI=1S/C12H16N2O2.ClH/c1-16-11-5-4-10(13)7-9(11)8-14-6-2-3-12(14)15;/h4-5,7H,2-3,6,8,13H2,1H3;1H. The first-order valence-corrected chi connectivity index (χ1v) is 5.41. The van der Waals surface area contributed by atoms with Gasteiger partial charge in [-0.15, -0.1) is 12.4 Å². The molecule has 17 heavy (non-hydrogen) atoms. The van der Waals surface area contributed by atoms with Crippen LogP contribution >= 0.6 is 12.4 Å². The van der Waals surface area contributed by atoms with Crippen molar-refractivity contribution >= 4 is 24.0 Å². The summed E-state index contributed by atoms with van der Waals surface area (Å²) in [5, 5.41) is 0.